The summed E-state index contributed by atoms with van der Waals surface area (Å²) in [6, 6.07) is 10.7. The van der Waals surface area contributed by atoms with Crippen LogP contribution < -0.4 is 9.92 Å². The molecule has 0 fully saturated rings. The fraction of sp³-hybridized carbons (Fsp3) is 0. The summed E-state index contributed by atoms with van der Waals surface area (Å²) in [7, 11) is -4.18. The van der Waals surface area contributed by atoms with Crippen LogP contribution in [0.5, 0.6) is 5.75 Å². The molecule has 2 rings (SSSR count). The van der Waals surface area contributed by atoms with Crippen molar-refractivity contribution in [2.45, 2.75) is 4.90 Å². The number of benzene rings is 2. The van der Waals surface area contributed by atoms with E-state index < -0.39 is 15.0 Å². The lowest BCUT2D eigenvalue weighted by atomic mass is 10.3. The highest BCUT2D eigenvalue weighted by atomic mass is 32.2. The van der Waals surface area contributed by atoms with Crippen molar-refractivity contribution in [3.63, 3.8) is 0 Å². The van der Waals surface area contributed by atoms with Crippen molar-refractivity contribution >= 4 is 21.5 Å². The number of rotatable bonds is 4. The third-order valence-electron chi connectivity index (χ3n) is 2.44. The molecule has 2 aromatic carbocycles. The van der Waals surface area contributed by atoms with Crippen LogP contribution in [0.4, 0.5) is 11.4 Å². The molecule has 0 atom stereocenters. The number of nitrogens with zero attached hydrogens (tertiary/aromatic N) is 1. The standard InChI is InChI=1S/C12H10N2O5S/c13-11-6-1-2-7-12(11)19-20(17,18)10-5-3-4-9(8-10)14(15)16/h1-8H,13H2. The maximum absolute atomic E-state index is 12.0. The molecule has 0 aliphatic heterocycles. The molecule has 7 nitrogen and oxygen atoms in total. The van der Waals surface area contributed by atoms with Crippen LogP contribution in [0.2, 0.25) is 0 Å². The average Bonchev–Trinajstić information content (AvgIpc) is 2.41. The van der Waals surface area contributed by atoms with Gasteiger partial charge in [-0.1, -0.05) is 18.2 Å². The highest BCUT2D eigenvalue weighted by Gasteiger charge is 2.20. The van der Waals surface area contributed by atoms with Gasteiger partial charge in [0.15, 0.2) is 5.75 Å². The van der Waals surface area contributed by atoms with Crippen molar-refractivity contribution in [3.8, 4) is 5.75 Å². The van der Waals surface area contributed by atoms with Gasteiger partial charge in [0.05, 0.1) is 10.6 Å². The first kappa shape index (κ1) is 13.8. The molecule has 0 saturated heterocycles. The summed E-state index contributed by atoms with van der Waals surface area (Å²) in [5, 5.41) is 10.6. The van der Waals surface area contributed by atoms with Gasteiger partial charge in [-0.2, -0.15) is 8.42 Å². The predicted molar refractivity (Wildman–Crippen MR) is 71.8 cm³/mol. The third-order valence-corrected chi connectivity index (χ3v) is 3.67. The summed E-state index contributed by atoms with van der Waals surface area (Å²) in [5.74, 6) is -0.0287. The lowest BCUT2D eigenvalue weighted by Gasteiger charge is -2.08. The van der Waals surface area contributed by atoms with E-state index in [-0.39, 0.29) is 22.0 Å². The van der Waals surface area contributed by atoms with E-state index in [1.54, 1.807) is 12.1 Å². The number of para-hydroxylation sites is 2. The zero-order valence-electron chi connectivity index (χ0n) is 10.1. The van der Waals surface area contributed by atoms with Crippen LogP contribution in [0, 0.1) is 10.1 Å². The molecular formula is C12H10N2O5S. The van der Waals surface area contributed by atoms with Gasteiger partial charge in [-0.05, 0) is 18.2 Å². The first-order valence-electron chi connectivity index (χ1n) is 5.43. The van der Waals surface area contributed by atoms with Gasteiger partial charge >= 0.3 is 10.1 Å². The maximum atomic E-state index is 12.0. The molecule has 0 bridgehead atoms. The van der Waals surface area contributed by atoms with Crippen molar-refractivity contribution in [2.24, 2.45) is 0 Å². The zero-order chi connectivity index (χ0) is 14.8. The molecule has 8 heteroatoms. The third kappa shape index (κ3) is 2.86. The first-order valence-corrected chi connectivity index (χ1v) is 6.84. The minimum atomic E-state index is -4.18. The highest BCUT2D eigenvalue weighted by Crippen LogP contribution is 2.25. The molecule has 0 heterocycles. The van der Waals surface area contributed by atoms with Crippen LogP contribution in [0.25, 0.3) is 0 Å². The van der Waals surface area contributed by atoms with Gasteiger partial charge in [-0.25, -0.2) is 0 Å². The van der Waals surface area contributed by atoms with Crippen molar-refractivity contribution in [1.29, 1.82) is 0 Å². The molecule has 2 N–H and O–H groups in total. The minimum absolute atomic E-state index is 0.0287. The molecule has 0 unspecified atom stereocenters. The van der Waals surface area contributed by atoms with Crippen molar-refractivity contribution in [1.82, 2.24) is 0 Å². The molecule has 0 spiro atoms. The average molecular weight is 294 g/mol. The Bertz CT molecular complexity index is 758. The van der Waals surface area contributed by atoms with E-state index >= 15 is 0 Å². The predicted octanol–water partition coefficient (Wildman–Crippen LogP) is 1.94. The Morgan fingerprint density at radius 1 is 1.10 bits per heavy atom. The lowest BCUT2D eigenvalue weighted by Crippen LogP contribution is -2.11. The van der Waals surface area contributed by atoms with E-state index in [0.29, 0.717) is 0 Å². The fourth-order valence-electron chi connectivity index (χ4n) is 1.48. The maximum Gasteiger partial charge on any atom is 0.339 e. The quantitative estimate of drug-likeness (QED) is 0.399. The van der Waals surface area contributed by atoms with Gasteiger partial charge in [0.1, 0.15) is 4.90 Å². The van der Waals surface area contributed by atoms with Gasteiger partial charge in [0, 0.05) is 12.1 Å². The van der Waals surface area contributed by atoms with Gasteiger partial charge in [-0.3, -0.25) is 10.1 Å². The Balaban J connectivity index is 2.38. The van der Waals surface area contributed by atoms with E-state index in [1.165, 1.54) is 30.3 Å². The normalized spacial score (nSPS) is 11.0. The second kappa shape index (κ2) is 5.17. The monoisotopic (exact) mass is 294 g/mol. The Morgan fingerprint density at radius 3 is 2.45 bits per heavy atom. The van der Waals surface area contributed by atoms with Crippen molar-refractivity contribution in [3.05, 3.63) is 58.6 Å². The van der Waals surface area contributed by atoms with Gasteiger partial charge in [0.25, 0.3) is 5.69 Å². The Labute approximate surface area is 114 Å². The van der Waals surface area contributed by atoms with E-state index in [2.05, 4.69) is 0 Å². The Hall–Kier alpha value is -2.61. The van der Waals surface area contributed by atoms with E-state index in [4.69, 9.17) is 9.92 Å². The summed E-state index contributed by atoms with van der Waals surface area (Å²) >= 11 is 0. The molecule has 0 aliphatic rings. The summed E-state index contributed by atoms with van der Waals surface area (Å²) in [6.07, 6.45) is 0. The van der Waals surface area contributed by atoms with Gasteiger partial charge < -0.3 is 9.92 Å². The number of nitrogen functional groups attached to an aromatic ring is 1. The van der Waals surface area contributed by atoms with Crippen LogP contribution in [-0.4, -0.2) is 13.3 Å². The van der Waals surface area contributed by atoms with Crippen LogP contribution >= 0.6 is 0 Å². The lowest BCUT2D eigenvalue weighted by molar-refractivity contribution is -0.385. The zero-order valence-corrected chi connectivity index (χ0v) is 10.9. The number of anilines is 1. The highest BCUT2D eigenvalue weighted by molar-refractivity contribution is 7.87. The smallest absolute Gasteiger partial charge is 0.339 e. The van der Waals surface area contributed by atoms with Crippen LogP contribution in [0.3, 0.4) is 0 Å². The minimum Gasteiger partial charge on any atom is -0.396 e. The molecule has 20 heavy (non-hydrogen) atoms. The number of nitrogens with two attached hydrogens (primary N) is 1. The number of nitro benzene ring substituents is 1. The number of non-ortho nitro benzene ring substituents is 1. The molecule has 104 valence electrons. The molecule has 0 aliphatic carbocycles. The summed E-state index contributed by atoms with van der Waals surface area (Å²) in [5.41, 5.74) is 5.40. The molecule has 0 aromatic heterocycles. The number of nitro groups is 1. The van der Waals surface area contributed by atoms with Crippen molar-refractivity contribution < 1.29 is 17.5 Å². The van der Waals surface area contributed by atoms with Gasteiger partial charge in [0.2, 0.25) is 0 Å². The molecule has 0 amide bonds. The summed E-state index contributed by atoms with van der Waals surface area (Å²) < 4.78 is 28.9. The van der Waals surface area contributed by atoms with Crippen LogP contribution in [-0.2, 0) is 10.1 Å². The van der Waals surface area contributed by atoms with Crippen LogP contribution in [0.1, 0.15) is 0 Å². The Kier molecular flexibility index (Phi) is 3.57. The second-order valence-corrected chi connectivity index (χ2v) is 5.38. The number of hydrogen-bond acceptors (Lipinski definition) is 6. The van der Waals surface area contributed by atoms with E-state index in [9.17, 15) is 18.5 Å². The second-order valence-electron chi connectivity index (χ2n) is 3.83. The molecule has 2 aromatic rings. The SMILES string of the molecule is Nc1ccccc1OS(=O)(=O)c1cccc([N+](=O)[O-])c1. The fourth-order valence-corrected chi connectivity index (χ4v) is 2.47. The summed E-state index contributed by atoms with van der Waals surface area (Å²) in [6.45, 7) is 0. The van der Waals surface area contributed by atoms with E-state index in [0.717, 1.165) is 6.07 Å². The molecular weight excluding hydrogens is 284 g/mol. The topological polar surface area (TPSA) is 113 Å². The largest absolute Gasteiger partial charge is 0.396 e. The summed E-state index contributed by atoms with van der Waals surface area (Å²) in [4.78, 5) is 9.65. The Morgan fingerprint density at radius 2 is 1.80 bits per heavy atom. The van der Waals surface area contributed by atoms with Gasteiger partial charge in [-0.15, -0.1) is 0 Å². The van der Waals surface area contributed by atoms with Crippen molar-refractivity contribution in [2.75, 3.05) is 5.73 Å². The van der Waals surface area contributed by atoms with E-state index in [1.807, 2.05) is 0 Å². The molecule has 0 saturated carbocycles. The molecule has 0 radical (unpaired) electrons. The van der Waals surface area contributed by atoms with Crippen LogP contribution in [0.15, 0.2) is 53.4 Å². The number of hydrogen-bond donors (Lipinski definition) is 1. The first-order chi connectivity index (χ1) is 9.40.